The second-order valence-electron chi connectivity index (χ2n) is 7.09. The molecule has 0 unspecified atom stereocenters. The molecule has 1 heterocycles. The van der Waals surface area contributed by atoms with E-state index in [1.165, 1.54) is 29.6 Å². The Balaban J connectivity index is 1.87. The number of carbonyl (C=O) groups is 2. The molecule has 1 aromatic heterocycles. The Morgan fingerprint density at radius 1 is 1.19 bits per heavy atom. The first kappa shape index (κ1) is 18.1. The van der Waals surface area contributed by atoms with E-state index in [1.807, 2.05) is 12.1 Å². The van der Waals surface area contributed by atoms with E-state index in [0.29, 0.717) is 5.56 Å². The van der Waals surface area contributed by atoms with Crippen molar-refractivity contribution in [1.29, 1.82) is 0 Å². The zero-order valence-corrected chi connectivity index (χ0v) is 15.4. The average molecular weight is 353 g/mol. The van der Waals surface area contributed by atoms with Crippen LogP contribution in [0, 0.1) is 0 Å². The van der Waals surface area contributed by atoms with Gasteiger partial charge in [0.2, 0.25) is 0 Å². The van der Waals surface area contributed by atoms with Gasteiger partial charge in [0.05, 0.1) is 12.2 Å². The van der Waals surface area contributed by atoms with Gasteiger partial charge < -0.3 is 9.47 Å². The number of hydrogen-bond acceptors (Lipinski definition) is 5. The van der Waals surface area contributed by atoms with Crippen molar-refractivity contribution < 1.29 is 19.1 Å². The van der Waals surface area contributed by atoms with Crippen LogP contribution in [0.1, 0.15) is 65.5 Å². The topological polar surface area (TPSA) is 65.5 Å². The maximum atomic E-state index is 12.6. The molecule has 1 aliphatic rings. The van der Waals surface area contributed by atoms with Crippen molar-refractivity contribution in [3.8, 4) is 5.75 Å². The molecule has 26 heavy (non-hydrogen) atoms. The lowest BCUT2D eigenvalue weighted by Crippen LogP contribution is -2.24. The molecule has 0 spiro atoms. The Hall–Kier alpha value is -2.69. The van der Waals surface area contributed by atoms with Crippen LogP contribution in [0.15, 0.2) is 36.7 Å². The van der Waals surface area contributed by atoms with E-state index in [2.05, 4.69) is 18.8 Å². The molecular formula is C21H23NO4. The van der Waals surface area contributed by atoms with Gasteiger partial charge in [-0.1, -0.05) is 19.9 Å². The van der Waals surface area contributed by atoms with Gasteiger partial charge in [-0.3, -0.25) is 4.98 Å². The van der Waals surface area contributed by atoms with E-state index in [0.717, 1.165) is 19.3 Å². The summed E-state index contributed by atoms with van der Waals surface area (Å²) < 4.78 is 10.5. The molecule has 0 saturated carbocycles. The zero-order chi connectivity index (χ0) is 18.7. The number of fused-ring (bicyclic) bond motifs is 1. The lowest BCUT2D eigenvalue weighted by Gasteiger charge is -2.32. The monoisotopic (exact) mass is 353 g/mol. The summed E-state index contributed by atoms with van der Waals surface area (Å²) in [6.45, 7) is 6.35. The number of aromatic nitrogens is 1. The largest absolute Gasteiger partial charge is 0.462 e. The quantitative estimate of drug-likeness (QED) is 0.775. The van der Waals surface area contributed by atoms with Crippen LogP contribution >= 0.6 is 0 Å². The van der Waals surface area contributed by atoms with Crippen molar-refractivity contribution in [3.63, 3.8) is 0 Å². The van der Waals surface area contributed by atoms with Crippen molar-refractivity contribution in [3.05, 3.63) is 58.9 Å². The molecule has 0 amide bonds. The molecule has 0 atom stereocenters. The number of pyridine rings is 1. The lowest BCUT2D eigenvalue weighted by molar-refractivity contribution is 0.0520. The number of esters is 2. The second-order valence-corrected chi connectivity index (χ2v) is 7.09. The fraction of sp³-hybridized carbons (Fsp3) is 0.381. The normalized spacial score (nSPS) is 15.0. The Labute approximate surface area is 153 Å². The van der Waals surface area contributed by atoms with E-state index in [-0.39, 0.29) is 23.3 Å². The smallest absolute Gasteiger partial charge is 0.343 e. The molecule has 0 aliphatic heterocycles. The van der Waals surface area contributed by atoms with Crippen LogP contribution in [-0.2, 0) is 16.6 Å². The zero-order valence-electron chi connectivity index (χ0n) is 15.4. The molecule has 0 radical (unpaired) electrons. The van der Waals surface area contributed by atoms with Crippen LogP contribution in [0.2, 0.25) is 0 Å². The minimum atomic E-state index is -0.560. The van der Waals surface area contributed by atoms with Gasteiger partial charge in [0, 0.05) is 18.5 Å². The van der Waals surface area contributed by atoms with E-state index < -0.39 is 11.9 Å². The van der Waals surface area contributed by atoms with Crippen molar-refractivity contribution in [1.82, 2.24) is 4.98 Å². The standard InChI is InChI=1S/C21H23NO4/c1-4-25-20(24)16-13-22-11-9-18(16)26-19(23)15-8-7-14-6-5-10-21(2,3)17(14)12-15/h7-9,11-13H,4-6,10H2,1-3H3. The van der Waals surface area contributed by atoms with Gasteiger partial charge in [0.15, 0.2) is 0 Å². The lowest BCUT2D eigenvalue weighted by atomic mass is 9.72. The van der Waals surface area contributed by atoms with Crippen molar-refractivity contribution in [2.75, 3.05) is 6.61 Å². The third kappa shape index (κ3) is 3.62. The highest BCUT2D eigenvalue weighted by molar-refractivity contribution is 5.96. The number of ether oxygens (including phenoxy) is 2. The molecule has 0 fully saturated rings. The highest BCUT2D eigenvalue weighted by Crippen LogP contribution is 2.37. The molecule has 2 aromatic rings. The summed E-state index contributed by atoms with van der Waals surface area (Å²) in [7, 11) is 0. The van der Waals surface area contributed by atoms with Gasteiger partial charge >= 0.3 is 11.9 Å². The first-order valence-electron chi connectivity index (χ1n) is 8.89. The van der Waals surface area contributed by atoms with E-state index in [1.54, 1.807) is 13.0 Å². The van der Waals surface area contributed by atoms with Crippen molar-refractivity contribution in [2.45, 2.75) is 45.4 Å². The maximum Gasteiger partial charge on any atom is 0.343 e. The van der Waals surface area contributed by atoms with Gasteiger partial charge in [-0.2, -0.15) is 0 Å². The second kappa shape index (κ2) is 7.28. The molecule has 1 aromatic carbocycles. The summed E-state index contributed by atoms with van der Waals surface area (Å²) in [6.07, 6.45) is 6.10. The average Bonchev–Trinajstić information content (AvgIpc) is 2.62. The summed E-state index contributed by atoms with van der Waals surface area (Å²) in [6, 6.07) is 7.20. The number of rotatable bonds is 4. The highest BCUT2D eigenvalue weighted by Gasteiger charge is 2.28. The molecule has 136 valence electrons. The molecule has 5 nitrogen and oxygen atoms in total. The van der Waals surface area contributed by atoms with Crippen LogP contribution in [0.3, 0.4) is 0 Å². The van der Waals surface area contributed by atoms with Gasteiger partial charge in [-0.05, 0) is 54.9 Å². The third-order valence-electron chi connectivity index (χ3n) is 4.80. The molecule has 1 aliphatic carbocycles. The maximum absolute atomic E-state index is 12.6. The Morgan fingerprint density at radius 3 is 2.77 bits per heavy atom. The molecule has 0 saturated heterocycles. The fourth-order valence-electron chi connectivity index (χ4n) is 3.40. The predicted octanol–water partition coefficient (Wildman–Crippen LogP) is 4.09. The molecular weight excluding hydrogens is 330 g/mol. The Kier molecular flexibility index (Phi) is 5.07. The highest BCUT2D eigenvalue weighted by atomic mass is 16.5. The van der Waals surface area contributed by atoms with E-state index >= 15 is 0 Å². The number of carbonyl (C=O) groups excluding carboxylic acids is 2. The van der Waals surface area contributed by atoms with Crippen molar-refractivity contribution >= 4 is 11.9 Å². The summed E-state index contributed by atoms with van der Waals surface area (Å²) in [5.74, 6) is -0.902. The molecule has 0 bridgehead atoms. The fourth-order valence-corrected chi connectivity index (χ4v) is 3.40. The molecule has 3 rings (SSSR count). The minimum absolute atomic E-state index is 0.0383. The third-order valence-corrected chi connectivity index (χ3v) is 4.80. The summed E-state index contributed by atoms with van der Waals surface area (Å²) in [5.41, 5.74) is 3.13. The van der Waals surface area contributed by atoms with Crippen LogP contribution in [-0.4, -0.2) is 23.5 Å². The van der Waals surface area contributed by atoms with Gasteiger partial charge in [0.1, 0.15) is 11.3 Å². The Morgan fingerprint density at radius 2 is 2.00 bits per heavy atom. The number of nitrogens with zero attached hydrogens (tertiary/aromatic N) is 1. The summed E-state index contributed by atoms with van der Waals surface area (Å²) >= 11 is 0. The summed E-state index contributed by atoms with van der Waals surface area (Å²) in [4.78, 5) is 28.6. The van der Waals surface area contributed by atoms with Crippen LogP contribution in [0.5, 0.6) is 5.75 Å². The van der Waals surface area contributed by atoms with E-state index in [9.17, 15) is 9.59 Å². The van der Waals surface area contributed by atoms with Gasteiger partial charge in [-0.15, -0.1) is 0 Å². The summed E-state index contributed by atoms with van der Waals surface area (Å²) in [5, 5.41) is 0. The van der Waals surface area contributed by atoms with Crippen molar-refractivity contribution in [2.24, 2.45) is 0 Å². The minimum Gasteiger partial charge on any atom is -0.462 e. The van der Waals surface area contributed by atoms with Crippen LogP contribution < -0.4 is 4.74 Å². The van der Waals surface area contributed by atoms with Crippen LogP contribution in [0.25, 0.3) is 0 Å². The Bertz CT molecular complexity index is 842. The predicted molar refractivity (Wildman–Crippen MR) is 97.6 cm³/mol. The van der Waals surface area contributed by atoms with E-state index in [4.69, 9.17) is 9.47 Å². The van der Waals surface area contributed by atoms with Crippen LogP contribution in [0.4, 0.5) is 0 Å². The molecule has 0 N–H and O–H groups in total. The number of benzene rings is 1. The van der Waals surface area contributed by atoms with Gasteiger partial charge in [0.25, 0.3) is 0 Å². The first-order valence-corrected chi connectivity index (χ1v) is 8.89. The SMILES string of the molecule is CCOC(=O)c1cnccc1OC(=O)c1ccc2c(c1)C(C)(C)CCC2. The molecule has 5 heteroatoms. The number of aryl methyl sites for hydroxylation is 1. The number of hydrogen-bond donors (Lipinski definition) is 0. The first-order chi connectivity index (χ1) is 12.4. The van der Waals surface area contributed by atoms with Gasteiger partial charge in [-0.25, -0.2) is 9.59 Å².